The third-order valence-electron chi connectivity index (χ3n) is 3.52. The fourth-order valence-corrected chi connectivity index (χ4v) is 3.26. The lowest BCUT2D eigenvalue weighted by molar-refractivity contribution is 0.0951. The zero-order chi connectivity index (χ0) is 17.9. The highest BCUT2D eigenvalue weighted by molar-refractivity contribution is 9.10. The van der Waals surface area contributed by atoms with E-state index in [2.05, 4.69) is 31.2 Å². The molecule has 24 heavy (non-hydrogen) atoms. The van der Waals surface area contributed by atoms with Crippen molar-refractivity contribution < 1.29 is 9.53 Å². The van der Waals surface area contributed by atoms with Crippen LogP contribution >= 0.6 is 15.9 Å². The highest BCUT2D eigenvalue weighted by Crippen LogP contribution is 2.28. The largest absolute Gasteiger partial charge is 0.487 e. The van der Waals surface area contributed by atoms with Gasteiger partial charge in [-0.05, 0) is 51.0 Å². The van der Waals surface area contributed by atoms with Crippen molar-refractivity contribution in [1.29, 1.82) is 0 Å². The number of amides is 1. The highest BCUT2D eigenvalue weighted by atomic mass is 79.9. The lowest BCUT2D eigenvalue weighted by Crippen LogP contribution is -2.26. The van der Waals surface area contributed by atoms with Crippen LogP contribution in [0.15, 0.2) is 16.6 Å². The molecule has 0 saturated heterocycles. The monoisotopic (exact) mass is 392 g/mol. The van der Waals surface area contributed by atoms with Gasteiger partial charge in [-0.25, -0.2) is 9.97 Å². The Morgan fingerprint density at radius 2 is 1.88 bits per heavy atom. The lowest BCUT2D eigenvalue weighted by Gasteiger charge is -2.15. The Kier molecular flexibility index (Phi) is 5.77. The molecule has 128 valence electrons. The van der Waals surface area contributed by atoms with Gasteiger partial charge in [-0.2, -0.15) is 0 Å². The van der Waals surface area contributed by atoms with E-state index in [9.17, 15) is 4.79 Å². The molecule has 3 N–H and O–H groups in total. The van der Waals surface area contributed by atoms with E-state index < -0.39 is 0 Å². The van der Waals surface area contributed by atoms with Gasteiger partial charge in [0.15, 0.2) is 0 Å². The second-order valence-corrected chi connectivity index (χ2v) is 6.42. The van der Waals surface area contributed by atoms with Crippen molar-refractivity contribution in [2.75, 3.05) is 12.3 Å². The molecule has 0 aliphatic rings. The van der Waals surface area contributed by atoms with Crippen LogP contribution in [0, 0.1) is 20.8 Å². The number of nitrogens with one attached hydrogen (secondary N) is 1. The Balaban J connectivity index is 2.35. The Morgan fingerprint density at radius 3 is 2.46 bits per heavy atom. The zero-order valence-corrected chi connectivity index (χ0v) is 15.8. The molecular weight excluding hydrogens is 372 g/mol. The minimum Gasteiger partial charge on any atom is -0.487 e. The first kappa shape index (κ1) is 18.2. The fraction of sp³-hybridized carbons (Fsp3) is 0.353. The summed E-state index contributed by atoms with van der Waals surface area (Å²) >= 11 is 3.46. The van der Waals surface area contributed by atoms with Gasteiger partial charge in [-0.1, -0.05) is 15.9 Å². The van der Waals surface area contributed by atoms with E-state index in [1.807, 2.05) is 32.9 Å². The molecule has 2 aromatic rings. The molecule has 0 bridgehead atoms. The van der Waals surface area contributed by atoms with Crippen LogP contribution in [0.2, 0.25) is 0 Å². The Bertz CT molecular complexity index is 754. The van der Waals surface area contributed by atoms with Gasteiger partial charge < -0.3 is 15.8 Å². The van der Waals surface area contributed by atoms with Gasteiger partial charge in [0.1, 0.15) is 12.4 Å². The van der Waals surface area contributed by atoms with Crippen molar-refractivity contribution in [2.45, 2.75) is 34.3 Å². The second-order valence-electron chi connectivity index (χ2n) is 5.51. The molecule has 0 aliphatic carbocycles. The minimum absolute atomic E-state index is 0.128. The molecular formula is C17H21BrN4O2. The molecule has 0 saturated carbocycles. The van der Waals surface area contributed by atoms with Crippen molar-refractivity contribution >= 4 is 27.8 Å². The van der Waals surface area contributed by atoms with E-state index in [1.54, 1.807) is 6.92 Å². The van der Waals surface area contributed by atoms with Crippen LogP contribution in [0.5, 0.6) is 5.75 Å². The van der Waals surface area contributed by atoms with E-state index >= 15 is 0 Å². The van der Waals surface area contributed by atoms with Crippen LogP contribution in [0.25, 0.3) is 0 Å². The van der Waals surface area contributed by atoms with Gasteiger partial charge in [0.25, 0.3) is 5.91 Å². The molecule has 2 rings (SSSR count). The van der Waals surface area contributed by atoms with Crippen molar-refractivity contribution in [2.24, 2.45) is 0 Å². The average molecular weight is 393 g/mol. The molecule has 0 fully saturated rings. The van der Waals surface area contributed by atoms with E-state index in [-0.39, 0.29) is 18.5 Å². The maximum Gasteiger partial charge on any atom is 0.255 e. The fourth-order valence-electron chi connectivity index (χ4n) is 2.57. The van der Waals surface area contributed by atoms with Crippen LogP contribution in [0.1, 0.15) is 39.8 Å². The van der Waals surface area contributed by atoms with E-state index in [0.29, 0.717) is 23.5 Å². The summed E-state index contributed by atoms with van der Waals surface area (Å²) in [5.74, 6) is 0.677. The van der Waals surface area contributed by atoms with Crippen LogP contribution in [-0.2, 0) is 6.61 Å². The topological polar surface area (TPSA) is 90.1 Å². The maximum absolute atomic E-state index is 12.3. The first-order valence-electron chi connectivity index (χ1n) is 7.64. The second kappa shape index (κ2) is 7.61. The number of carbonyl (C=O) groups excluding carboxylic acids is 1. The predicted molar refractivity (Wildman–Crippen MR) is 97.1 cm³/mol. The maximum atomic E-state index is 12.3. The lowest BCUT2D eigenvalue weighted by atomic mass is 10.1. The number of aryl methyl sites for hydroxylation is 3. The number of halogens is 1. The van der Waals surface area contributed by atoms with E-state index in [1.165, 1.54) is 0 Å². The van der Waals surface area contributed by atoms with Gasteiger partial charge >= 0.3 is 0 Å². The van der Waals surface area contributed by atoms with E-state index in [0.717, 1.165) is 21.3 Å². The molecule has 1 aromatic carbocycles. The molecule has 6 nitrogen and oxygen atoms in total. The van der Waals surface area contributed by atoms with Crippen LogP contribution in [-0.4, -0.2) is 22.4 Å². The summed E-state index contributed by atoms with van der Waals surface area (Å²) in [5.41, 5.74) is 9.17. The molecule has 1 amide bonds. The number of anilines is 1. The number of carbonyl (C=O) groups is 1. The summed E-state index contributed by atoms with van der Waals surface area (Å²) < 4.78 is 6.94. The highest BCUT2D eigenvalue weighted by Gasteiger charge is 2.18. The predicted octanol–water partition coefficient (Wildman–Crippen LogP) is 3.08. The molecule has 0 unspecified atom stereocenters. The van der Waals surface area contributed by atoms with Crippen LogP contribution in [0.3, 0.4) is 0 Å². The zero-order valence-electron chi connectivity index (χ0n) is 14.2. The first-order chi connectivity index (χ1) is 11.3. The summed E-state index contributed by atoms with van der Waals surface area (Å²) in [6.45, 7) is 8.20. The number of ether oxygens (including phenoxy) is 1. The molecule has 1 heterocycles. The molecule has 7 heteroatoms. The van der Waals surface area contributed by atoms with Gasteiger partial charge in [0.05, 0.1) is 17.0 Å². The molecule has 1 aromatic heterocycles. The summed E-state index contributed by atoms with van der Waals surface area (Å²) in [4.78, 5) is 20.6. The number of nitrogens with two attached hydrogens (primary N) is 1. The SMILES string of the molecule is CCNC(=O)c1c(C)nc(N)nc1COc1c(C)cc(Br)cc1C. The van der Waals surface area contributed by atoms with Crippen molar-refractivity contribution in [3.05, 3.63) is 44.7 Å². The normalized spacial score (nSPS) is 10.5. The third-order valence-corrected chi connectivity index (χ3v) is 3.98. The van der Waals surface area contributed by atoms with Crippen molar-refractivity contribution in [3.8, 4) is 5.75 Å². The van der Waals surface area contributed by atoms with Crippen LogP contribution < -0.4 is 15.8 Å². The van der Waals surface area contributed by atoms with Gasteiger partial charge in [0, 0.05) is 11.0 Å². The third kappa shape index (κ3) is 4.03. The first-order valence-corrected chi connectivity index (χ1v) is 8.43. The summed E-state index contributed by atoms with van der Waals surface area (Å²) in [6.07, 6.45) is 0. The summed E-state index contributed by atoms with van der Waals surface area (Å²) in [5, 5.41) is 2.77. The smallest absolute Gasteiger partial charge is 0.255 e. The number of nitrogens with zero attached hydrogens (tertiary/aromatic N) is 2. The molecule has 0 aliphatic heterocycles. The Hall–Kier alpha value is -2.15. The summed E-state index contributed by atoms with van der Waals surface area (Å²) in [6, 6.07) is 3.96. The van der Waals surface area contributed by atoms with Crippen LogP contribution in [0.4, 0.5) is 5.95 Å². The average Bonchev–Trinajstić information content (AvgIpc) is 2.45. The Morgan fingerprint density at radius 1 is 1.25 bits per heavy atom. The standard InChI is InChI=1S/C17H21BrN4O2/c1-5-20-16(23)14-11(4)21-17(19)22-13(14)8-24-15-9(2)6-12(18)7-10(15)3/h6-7H,5,8H2,1-4H3,(H,20,23)(H2,19,21,22). The van der Waals surface area contributed by atoms with Gasteiger partial charge in [-0.15, -0.1) is 0 Å². The Labute approximate surface area is 150 Å². The number of benzene rings is 1. The molecule has 0 radical (unpaired) electrons. The molecule has 0 spiro atoms. The number of rotatable bonds is 5. The summed E-state index contributed by atoms with van der Waals surface area (Å²) in [7, 11) is 0. The number of nitrogen functional groups attached to an aromatic ring is 1. The van der Waals surface area contributed by atoms with Gasteiger partial charge in [-0.3, -0.25) is 4.79 Å². The minimum atomic E-state index is -0.224. The number of aromatic nitrogens is 2. The van der Waals surface area contributed by atoms with Crippen molar-refractivity contribution in [1.82, 2.24) is 15.3 Å². The van der Waals surface area contributed by atoms with Crippen molar-refractivity contribution in [3.63, 3.8) is 0 Å². The van der Waals surface area contributed by atoms with E-state index in [4.69, 9.17) is 10.5 Å². The quantitative estimate of drug-likeness (QED) is 0.815. The van der Waals surface area contributed by atoms with Gasteiger partial charge in [0.2, 0.25) is 5.95 Å². The number of hydrogen-bond acceptors (Lipinski definition) is 5. The number of hydrogen-bond donors (Lipinski definition) is 2. The molecule has 0 atom stereocenters.